The van der Waals surface area contributed by atoms with Gasteiger partial charge < -0.3 is 5.32 Å². The molecule has 8 heteroatoms. The Balaban J connectivity index is 1.62. The number of nitrogens with one attached hydrogen (secondary N) is 1. The second kappa shape index (κ2) is 9.17. The molecule has 3 rings (SSSR count). The van der Waals surface area contributed by atoms with Crippen LogP contribution in [-0.4, -0.2) is 30.7 Å². The molecule has 1 aromatic heterocycles. The molecular weight excluding hydrogens is 410 g/mol. The number of sulfonamides is 1. The number of carbonyl (C=O) groups excluding carboxylic acids is 1. The maximum atomic E-state index is 12.7. The predicted octanol–water partition coefficient (Wildman–Crippen LogP) is 3.49. The van der Waals surface area contributed by atoms with Gasteiger partial charge in [0.1, 0.15) is 0 Å². The molecule has 0 spiro atoms. The van der Waals surface area contributed by atoms with Crippen LogP contribution in [0.5, 0.6) is 0 Å². The largest absolute Gasteiger partial charge is 0.348 e. The van der Waals surface area contributed by atoms with E-state index in [0.717, 1.165) is 11.1 Å². The van der Waals surface area contributed by atoms with Gasteiger partial charge in [0.2, 0.25) is 10.0 Å². The fourth-order valence-corrected chi connectivity index (χ4v) is 3.96. The van der Waals surface area contributed by atoms with Crippen LogP contribution in [0, 0.1) is 0 Å². The first-order chi connectivity index (χ1) is 13.9. The summed E-state index contributed by atoms with van der Waals surface area (Å²) in [6, 6.07) is 16.6. The first-order valence-corrected chi connectivity index (χ1v) is 10.7. The van der Waals surface area contributed by atoms with Gasteiger partial charge in [-0.05, 0) is 59.7 Å². The lowest BCUT2D eigenvalue weighted by atomic mass is 10.1. The van der Waals surface area contributed by atoms with Gasteiger partial charge in [-0.2, -0.15) is 4.31 Å². The van der Waals surface area contributed by atoms with Crippen LogP contribution in [0.4, 0.5) is 0 Å². The van der Waals surface area contributed by atoms with Gasteiger partial charge in [-0.3, -0.25) is 9.78 Å². The van der Waals surface area contributed by atoms with Crippen LogP contribution in [0.15, 0.2) is 78.0 Å². The van der Waals surface area contributed by atoms with Gasteiger partial charge in [-0.25, -0.2) is 8.42 Å². The highest BCUT2D eigenvalue weighted by atomic mass is 35.5. The molecule has 0 aliphatic carbocycles. The van der Waals surface area contributed by atoms with Crippen molar-refractivity contribution in [1.29, 1.82) is 0 Å². The minimum absolute atomic E-state index is 0.177. The molecule has 0 atom stereocenters. The topological polar surface area (TPSA) is 79.4 Å². The van der Waals surface area contributed by atoms with Gasteiger partial charge in [0.05, 0.1) is 4.90 Å². The van der Waals surface area contributed by atoms with Crippen LogP contribution in [0.3, 0.4) is 0 Å². The highest BCUT2D eigenvalue weighted by Crippen LogP contribution is 2.19. The molecule has 3 aromatic rings. The van der Waals surface area contributed by atoms with E-state index in [1.165, 1.54) is 23.5 Å². The summed E-state index contributed by atoms with van der Waals surface area (Å²) in [6.45, 7) is 0.592. The van der Waals surface area contributed by atoms with E-state index in [1.807, 2.05) is 12.1 Å². The molecule has 1 heterocycles. The normalized spacial score (nSPS) is 11.4. The number of carbonyl (C=O) groups is 1. The number of halogens is 1. The number of hydrogen-bond donors (Lipinski definition) is 1. The Labute approximate surface area is 175 Å². The third-order valence-electron chi connectivity index (χ3n) is 4.35. The Morgan fingerprint density at radius 3 is 2.21 bits per heavy atom. The quantitative estimate of drug-likeness (QED) is 0.623. The van der Waals surface area contributed by atoms with Gasteiger partial charge in [0, 0.05) is 43.1 Å². The van der Waals surface area contributed by atoms with Crippen LogP contribution in [-0.2, 0) is 23.1 Å². The van der Waals surface area contributed by atoms with Crippen LogP contribution in [0.2, 0.25) is 5.02 Å². The van der Waals surface area contributed by atoms with Gasteiger partial charge in [-0.15, -0.1) is 0 Å². The van der Waals surface area contributed by atoms with Crippen molar-refractivity contribution in [1.82, 2.24) is 14.6 Å². The van der Waals surface area contributed by atoms with Crippen LogP contribution in [0.25, 0.3) is 0 Å². The van der Waals surface area contributed by atoms with Gasteiger partial charge in [0.25, 0.3) is 5.91 Å². The molecule has 0 saturated carbocycles. The van der Waals surface area contributed by atoms with E-state index in [1.54, 1.807) is 48.8 Å². The summed E-state index contributed by atoms with van der Waals surface area (Å²) in [7, 11) is -2.12. The van der Waals surface area contributed by atoms with E-state index < -0.39 is 10.0 Å². The summed E-state index contributed by atoms with van der Waals surface area (Å²) in [5.41, 5.74) is 2.24. The summed E-state index contributed by atoms with van der Waals surface area (Å²) >= 11 is 5.82. The Hall–Kier alpha value is -2.74. The molecule has 0 saturated heterocycles. The van der Waals surface area contributed by atoms with Crippen molar-refractivity contribution in [2.24, 2.45) is 0 Å². The molecule has 0 unspecified atom stereocenters. The zero-order valence-corrected chi connectivity index (χ0v) is 17.3. The third kappa shape index (κ3) is 5.41. The number of hydrogen-bond acceptors (Lipinski definition) is 4. The van der Waals surface area contributed by atoms with E-state index in [4.69, 9.17) is 11.6 Å². The molecular formula is C21H20ClN3O3S. The summed E-state index contributed by atoms with van der Waals surface area (Å²) in [4.78, 5) is 16.4. The number of aromatic nitrogens is 1. The minimum Gasteiger partial charge on any atom is -0.348 e. The predicted molar refractivity (Wildman–Crippen MR) is 112 cm³/mol. The van der Waals surface area contributed by atoms with Crippen molar-refractivity contribution in [3.63, 3.8) is 0 Å². The molecule has 6 nitrogen and oxygen atoms in total. The zero-order chi connectivity index (χ0) is 20.9. The molecule has 0 aliphatic heterocycles. The Morgan fingerprint density at radius 2 is 1.59 bits per heavy atom. The van der Waals surface area contributed by atoms with Gasteiger partial charge in [0.15, 0.2) is 0 Å². The number of amides is 1. The van der Waals surface area contributed by atoms with Crippen molar-refractivity contribution in [2.45, 2.75) is 18.0 Å². The lowest BCUT2D eigenvalue weighted by Crippen LogP contribution is -2.26. The number of pyridine rings is 1. The Morgan fingerprint density at radius 1 is 0.966 bits per heavy atom. The van der Waals surface area contributed by atoms with Gasteiger partial charge in [-0.1, -0.05) is 23.7 Å². The third-order valence-corrected chi connectivity index (χ3v) is 6.42. The molecule has 2 aromatic carbocycles. The van der Waals surface area contributed by atoms with Crippen molar-refractivity contribution in [3.8, 4) is 0 Å². The Kier molecular flexibility index (Phi) is 6.64. The first kappa shape index (κ1) is 21.0. The first-order valence-electron chi connectivity index (χ1n) is 8.84. The van der Waals surface area contributed by atoms with Crippen LogP contribution >= 0.6 is 11.6 Å². The second-order valence-corrected chi connectivity index (χ2v) is 8.93. The van der Waals surface area contributed by atoms with E-state index in [0.29, 0.717) is 17.1 Å². The maximum absolute atomic E-state index is 12.7. The highest BCUT2D eigenvalue weighted by molar-refractivity contribution is 7.89. The summed E-state index contributed by atoms with van der Waals surface area (Å²) in [5.74, 6) is -0.199. The standard InChI is InChI=1S/C21H20ClN3O3S/c1-25(29(27,28)20-8-6-19(22)7-9-20)15-17-2-4-18(5-3-17)21(26)24-14-16-10-12-23-13-11-16/h2-13H,14-15H2,1H3,(H,24,26). The zero-order valence-electron chi connectivity index (χ0n) is 15.7. The lowest BCUT2D eigenvalue weighted by Gasteiger charge is -2.17. The lowest BCUT2D eigenvalue weighted by molar-refractivity contribution is 0.0951. The van der Waals surface area contributed by atoms with Crippen LogP contribution in [0.1, 0.15) is 21.5 Å². The average molecular weight is 430 g/mol. The average Bonchev–Trinajstić information content (AvgIpc) is 2.73. The Bertz CT molecular complexity index is 1070. The molecule has 1 amide bonds. The molecule has 1 N–H and O–H groups in total. The van der Waals surface area contributed by atoms with E-state index in [2.05, 4.69) is 10.3 Å². The summed E-state index contributed by atoms with van der Waals surface area (Å²) in [5, 5.41) is 3.32. The van der Waals surface area contributed by atoms with Gasteiger partial charge >= 0.3 is 0 Å². The van der Waals surface area contributed by atoms with Crippen molar-refractivity contribution < 1.29 is 13.2 Å². The molecule has 0 bridgehead atoms. The summed E-state index contributed by atoms with van der Waals surface area (Å²) < 4.78 is 26.6. The van der Waals surface area contributed by atoms with Crippen molar-refractivity contribution >= 4 is 27.5 Å². The highest BCUT2D eigenvalue weighted by Gasteiger charge is 2.20. The van der Waals surface area contributed by atoms with E-state index in [9.17, 15) is 13.2 Å². The number of rotatable bonds is 7. The van der Waals surface area contributed by atoms with Crippen molar-refractivity contribution in [3.05, 3.63) is 94.8 Å². The molecule has 0 radical (unpaired) electrons. The number of benzene rings is 2. The smallest absolute Gasteiger partial charge is 0.251 e. The molecule has 29 heavy (non-hydrogen) atoms. The van der Waals surface area contributed by atoms with E-state index in [-0.39, 0.29) is 17.3 Å². The SMILES string of the molecule is CN(Cc1ccc(C(=O)NCc2ccncc2)cc1)S(=O)(=O)c1ccc(Cl)cc1. The summed E-state index contributed by atoms with van der Waals surface area (Å²) in [6.07, 6.45) is 3.34. The van der Waals surface area contributed by atoms with Crippen molar-refractivity contribution in [2.75, 3.05) is 7.05 Å². The fraction of sp³-hybridized carbons (Fsp3) is 0.143. The monoisotopic (exact) mass is 429 g/mol. The number of nitrogens with zero attached hydrogens (tertiary/aromatic N) is 2. The molecule has 0 aliphatic rings. The fourth-order valence-electron chi connectivity index (χ4n) is 2.68. The minimum atomic E-state index is -3.63. The van der Waals surface area contributed by atoms with E-state index >= 15 is 0 Å². The van der Waals surface area contributed by atoms with Crippen LogP contribution < -0.4 is 5.32 Å². The molecule has 150 valence electrons. The molecule has 0 fully saturated rings. The maximum Gasteiger partial charge on any atom is 0.251 e. The second-order valence-electron chi connectivity index (χ2n) is 6.45.